The molecule has 7 nitrogen and oxygen atoms in total. The van der Waals surface area contributed by atoms with E-state index in [-0.39, 0.29) is 18.2 Å². The van der Waals surface area contributed by atoms with E-state index in [0.717, 1.165) is 56.1 Å². The standard InChI is InChI=1S/C36H53N3O4/c1-7-10-12-13-14-18-25-39(32(33(40)37-24-11-8-2)30-23-19-22-28(9-3)26-30)34(41)31(27-29-20-16-15-17-21-29)38-35(42)43-36(4,5)6/h9,15-17,19-23,26,31-32H,3,7-8,10-14,18,24-25,27H2,1-2,4-6H3,(H,37,40)(H,38,42). The number of nitrogens with one attached hydrogen (secondary N) is 2. The third-order valence-electron chi connectivity index (χ3n) is 7.16. The van der Waals surface area contributed by atoms with Crippen LogP contribution in [0.15, 0.2) is 61.2 Å². The van der Waals surface area contributed by atoms with Crippen LogP contribution in [0.3, 0.4) is 0 Å². The number of hydrogen-bond acceptors (Lipinski definition) is 4. The Balaban J connectivity index is 2.53. The van der Waals surface area contributed by atoms with Gasteiger partial charge in [0.15, 0.2) is 0 Å². The maximum absolute atomic E-state index is 14.6. The third kappa shape index (κ3) is 13.1. The number of hydrogen-bond donors (Lipinski definition) is 2. The minimum absolute atomic E-state index is 0.232. The van der Waals surface area contributed by atoms with Gasteiger partial charge in [-0.05, 0) is 56.4 Å². The number of alkyl carbamates (subject to hydrolysis) is 1. The highest BCUT2D eigenvalue weighted by molar-refractivity contribution is 5.92. The summed E-state index contributed by atoms with van der Waals surface area (Å²) in [5, 5.41) is 5.90. The second-order valence-electron chi connectivity index (χ2n) is 12.1. The van der Waals surface area contributed by atoms with Crippen molar-refractivity contribution in [2.24, 2.45) is 0 Å². The second-order valence-corrected chi connectivity index (χ2v) is 12.1. The van der Waals surface area contributed by atoms with Gasteiger partial charge in [0, 0.05) is 19.5 Å². The molecule has 236 valence electrons. The van der Waals surface area contributed by atoms with Gasteiger partial charge >= 0.3 is 6.09 Å². The van der Waals surface area contributed by atoms with Gasteiger partial charge in [0.2, 0.25) is 11.8 Å². The maximum atomic E-state index is 14.6. The highest BCUT2D eigenvalue weighted by Crippen LogP contribution is 2.26. The predicted octanol–water partition coefficient (Wildman–Crippen LogP) is 7.61. The van der Waals surface area contributed by atoms with Crippen LogP contribution in [-0.4, -0.2) is 47.5 Å². The van der Waals surface area contributed by atoms with Gasteiger partial charge in [0.05, 0.1) is 0 Å². The van der Waals surface area contributed by atoms with Crippen LogP contribution in [0.4, 0.5) is 4.79 Å². The van der Waals surface area contributed by atoms with Crippen molar-refractivity contribution in [3.8, 4) is 0 Å². The zero-order valence-electron chi connectivity index (χ0n) is 27.0. The van der Waals surface area contributed by atoms with Crippen molar-refractivity contribution in [2.45, 2.75) is 110 Å². The minimum atomic E-state index is -0.925. The number of unbranched alkanes of at least 4 members (excludes halogenated alkanes) is 6. The average Bonchev–Trinajstić information content (AvgIpc) is 2.97. The fourth-order valence-corrected chi connectivity index (χ4v) is 4.94. The van der Waals surface area contributed by atoms with Crippen LogP contribution < -0.4 is 10.6 Å². The lowest BCUT2D eigenvalue weighted by Crippen LogP contribution is -2.54. The Morgan fingerprint density at radius 2 is 1.58 bits per heavy atom. The lowest BCUT2D eigenvalue weighted by Gasteiger charge is -2.35. The lowest BCUT2D eigenvalue weighted by atomic mass is 9.98. The molecule has 0 aliphatic rings. The summed E-state index contributed by atoms with van der Waals surface area (Å²) in [7, 11) is 0. The van der Waals surface area contributed by atoms with Gasteiger partial charge in [0.25, 0.3) is 0 Å². The Bertz CT molecular complexity index is 1140. The molecule has 2 atom stereocenters. The van der Waals surface area contributed by atoms with Crippen molar-refractivity contribution in [3.63, 3.8) is 0 Å². The molecule has 0 aromatic heterocycles. The smallest absolute Gasteiger partial charge is 0.408 e. The summed E-state index contributed by atoms with van der Waals surface area (Å²) < 4.78 is 5.55. The highest BCUT2D eigenvalue weighted by atomic mass is 16.6. The molecule has 2 unspecified atom stereocenters. The molecule has 0 heterocycles. The van der Waals surface area contributed by atoms with Crippen LogP contribution in [0.1, 0.15) is 109 Å². The largest absolute Gasteiger partial charge is 0.444 e. The molecule has 2 rings (SSSR count). The number of nitrogens with zero attached hydrogens (tertiary/aromatic N) is 1. The van der Waals surface area contributed by atoms with Crippen LogP contribution in [0.25, 0.3) is 6.08 Å². The van der Waals surface area contributed by atoms with Crippen LogP contribution in [0.2, 0.25) is 0 Å². The molecule has 3 amide bonds. The average molecular weight is 592 g/mol. The molecule has 0 aliphatic heterocycles. The summed E-state index contributed by atoms with van der Waals surface area (Å²) in [6.45, 7) is 14.4. The van der Waals surface area contributed by atoms with E-state index >= 15 is 0 Å². The molecule has 43 heavy (non-hydrogen) atoms. The summed E-state index contributed by atoms with van der Waals surface area (Å²) in [6.07, 6.45) is 9.36. The van der Waals surface area contributed by atoms with E-state index in [9.17, 15) is 14.4 Å². The first-order chi connectivity index (χ1) is 20.6. The second kappa shape index (κ2) is 18.8. The zero-order chi connectivity index (χ0) is 31.7. The molecule has 0 spiro atoms. The molecule has 0 bridgehead atoms. The number of carbonyl (C=O) groups excluding carboxylic acids is 3. The van der Waals surface area contributed by atoms with Crippen molar-refractivity contribution >= 4 is 24.0 Å². The van der Waals surface area contributed by atoms with Gasteiger partial charge in [-0.15, -0.1) is 0 Å². The van der Waals surface area contributed by atoms with Gasteiger partial charge in [0.1, 0.15) is 17.7 Å². The Kier molecular flexibility index (Phi) is 15.6. The minimum Gasteiger partial charge on any atom is -0.444 e. The van der Waals surface area contributed by atoms with E-state index < -0.39 is 23.8 Å². The van der Waals surface area contributed by atoms with Gasteiger partial charge in [-0.25, -0.2) is 4.79 Å². The molecule has 2 N–H and O–H groups in total. The molecule has 0 aliphatic carbocycles. The van der Waals surface area contributed by atoms with Crippen molar-refractivity contribution in [2.75, 3.05) is 13.1 Å². The first-order valence-electron chi connectivity index (χ1n) is 15.9. The Morgan fingerprint density at radius 3 is 2.23 bits per heavy atom. The maximum Gasteiger partial charge on any atom is 0.408 e. The molecule has 2 aromatic rings. The van der Waals surface area contributed by atoms with E-state index in [1.165, 1.54) is 6.42 Å². The number of carbonyl (C=O) groups is 3. The Labute approximate surface area is 259 Å². The molecular formula is C36H53N3O4. The highest BCUT2D eigenvalue weighted by Gasteiger charge is 2.36. The first-order valence-corrected chi connectivity index (χ1v) is 15.9. The summed E-state index contributed by atoms with van der Waals surface area (Å²) in [6, 6.07) is 15.4. The molecule has 7 heteroatoms. The Hall–Kier alpha value is -3.61. The van der Waals surface area contributed by atoms with E-state index in [1.807, 2.05) is 54.6 Å². The molecule has 0 saturated heterocycles. The molecule has 0 saturated carbocycles. The van der Waals surface area contributed by atoms with Crippen LogP contribution in [-0.2, 0) is 20.7 Å². The lowest BCUT2D eigenvalue weighted by molar-refractivity contribution is -0.142. The number of ether oxygens (including phenoxy) is 1. The summed E-state index contributed by atoms with van der Waals surface area (Å²) >= 11 is 0. The normalized spacial score (nSPS) is 12.6. The molecular weight excluding hydrogens is 538 g/mol. The Morgan fingerprint density at radius 1 is 0.907 bits per heavy atom. The fourth-order valence-electron chi connectivity index (χ4n) is 4.94. The molecule has 0 fully saturated rings. The zero-order valence-corrected chi connectivity index (χ0v) is 27.0. The van der Waals surface area contributed by atoms with E-state index in [1.54, 1.807) is 31.7 Å². The van der Waals surface area contributed by atoms with Crippen molar-refractivity contribution in [1.29, 1.82) is 0 Å². The van der Waals surface area contributed by atoms with Crippen LogP contribution in [0, 0.1) is 0 Å². The fraction of sp³-hybridized carbons (Fsp3) is 0.528. The number of amides is 3. The third-order valence-corrected chi connectivity index (χ3v) is 7.16. The van der Waals surface area contributed by atoms with Crippen molar-refractivity contribution in [1.82, 2.24) is 15.5 Å². The number of benzene rings is 2. The summed E-state index contributed by atoms with van der Waals surface area (Å²) in [4.78, 5) is 43.1. The summed E-state index contributed by atoms with van der Waals surface area (Å²) in [5.74, 6) is -0.548. The SMILES string of the molecule is C=Cc1cccc(C(C(=O)NCCCC)N(CCCCCCCC)C(=O)C(Cc2ccccc2)NC(=O)OC(C)(C)C)c1. The van der Waals surface area contributed by atoms with Crippen LogP contribution >= 0.6 is 0 Å². The number of rotatable bonds is 18. The monoisotopic (exact) mass is 591 g/mol. The topological polar surface area (TPSA) is 87.7 Å². The van der Waals surface area contributed by atoms with Gasteiger partial charge < -0.3 is 20.3 Å². The van der Waals surface area contributed by atoms with Gasteiger partial charge in [-0.1, -0.05) is 114 Å². The van der Waals surface area contributed by atoms with Crippen molar-refractivity contribution in [3.05, 3.63) is 77.9 Å². The quantitative estimate of drug-likeness (QED) is 0.175. The van der Waals surface area contributed by atoms with E-state index in [4.69, 9.17) is 4.74 Å². The summed E-state index contributed by atoms with van der Waals surface area (Å²) in [5.41, 5.74) is 1.74. The molecule has 0 radical (unpaired) electrons. The van der Waals surface area contributed by atoms with Crippen molar-refractivity contribution < 1.29 is 19.1 Å². The molecule has 2 aromatic carbocycles. The van der Waals surface area contributed by atoms with Gasteiger partial charge in [-0.3, -0.25) is 9.59 Å². The van der Waals surface area contributed by atoms with E-state index in [0.29, 0.717) is 18.7 Å². The van der Waals surface area contributed by atoms with Crippen LogP contribution in [0.5, 0.6) is 0 Å². The van der Waals surface area contributed by atoms with E-state index in [2.05, 4.69) is 31.1 Å². The first kappa shape index (κ1) is 35.6. The predicted molar refractivity (Wildman–Crippen MR) is 176 cm³/mol. The van der Waals surface area contributed by atoms with Gasteiger partial charge in [-0.2, -0.15) is 0 Å².